The van der Waals surface area contributed by atoms with E-state index < -0.39 is 0 Å². The number of nitrogens with zero attached hydrogens (tertiary/aromatic N) is 4. The lowest BCUT2D eigenvalue weighted by Crippen LogP contribution is -1.94. The van der Waals surface area contributed by atoms with E-state index in [1.807, 2.05) is 30.3 Å². The second-order valence-electron chi connectivity index (χ2n) is 3.69. The Bertz CT molecular complexity index is 662. The Balaban J connectivity index is 2.11. The van der Waals surface area contributed by atoms with Crippen LogP contribution in [0.1, 0.15) is 5.69 Å². The van der Waals surface area contributed by atoms with Gasteiger partial charge < -0.3 is 5.11 Å². The molecule has 0 saturated heterocycles. The lowest BCUT2D eigenvalue weighted by Gasteiger charge is -2.01. The summed E-state index contributed by atoms with van der Waals surface area (Å²) >= 11 is 0. The third kappa shape index (κ3) is 1.76. The van der Waals surface area contributed by atoms with Crippen LogP contribution in [0.15, 0.2) is 42.7 Å². The Morgan fingerprint density at radius 3 is 3.00 bits per heavy atom. The highest BCUT2D eigenvalue weighted by atomic mass is 16.3. The lowest BCUT2D eigenvalue weighted by atomic mass is 10.2. The van der Waals surface area contributed by atoms with Gasteiger partial charge in [0.05, 0.1) is 24.0 Å². The highest BCUT2D eigenvalue weighted by molar-refractivity contribution is 5.80. The molecule has 0 atom stereocenters. The van der Waals surface area contributed by atoms with Crippen LogP contribution in [-0.4, -0.2) is 25.1 Å². The zero-order chi connectivity index (χ0) is 11.7. The van der Waals surface area contributed by atoms with Crippen molar-refractivity contribution in [3.63, 3.8) is 0 Å². The highest BCUT2D eigenvalue weighted by Crippen LogP contribution is 2.15. The van der Waals surface area contributed by atoms with Crippen molar-refractivity contribution in [1.82, 2.24) is 20.0 Å². The Morgan fingerprint density at radius 2 is 2.18 bits per heavy atom. The van der Waals surface area contributed by atoms with Crippen molar-refractivity contribution in [3.8, 4) is 5.69 Å². The summed E-state index contributed by atoms with van der Waals surface area (Å²) in [7, 11) is 0. The SMILES string of the molecule is OCc1cn(-c2ccc3ncccc3c2)nn1. The molecule has 0 amide bonds. The summed E-state index contributed by atoms with van der Waals surface area (Å²) in [4.78, 5) is 4.25. The van der Waals surface area contributed by atoms with E-state index >= 15 is 0 Å². The van der Waals surface area contributed by atoms with Crippen molar-refractivity contribution in [2.75, 3.05) is 0 Å². The fourth-order valence-corrected chi connectivity index (χ4v) is 1.70. The van der Waals surface area contributed by atoms with Crippen molar-refractivity contribution < 1.29 is 5.11 Å². The van der Waals surface area contributed by atoms with Gasteiger partial charge in [0, 0.05) is 11.6 Å². The molecule has 1 aromatic carbocycles. The molecule has 0 aliphatic carbocycles. The number of aromatic nitrogens is 4. The van der Waals surface area contributed by atoms with Crippen molar-refractivity contribution >= 4 is 10.9 Å². The van der Waals surface area contributed by atoms with Gasteiger partial charge in [-0.25, -0.2) is 4.68 Å². The molecule has 3 aromatic rings. The predicted molar refractivity (Wildman–Crippen MR) is 62.6 cm³/mol. The first kappa shape index (κ1) is 9.92. The van der Waals surface area contributed by atoms with E-state index in [4.69, 9.17) is 5.11 Å². The van der Waals surface area contributed by atoms with Crippen LogP contribution in [0.4, 0.5) is 0 Å². The first-order chi connectivity index (χ1) is 8.36. The average Bonchev–Trinajstić information content (AvgIpc) is 2.87. The molecule has 5 nitrogen and oxygen atoms in total. The quantitative estimate of drug-likeness (QED) is 0.715. The van der Waals surface area contributed by atoms with Gasteiger partial charge in [-0.1, -0.05) is 11.3 Å². The number of benzene rings is 1. The van der Waals surface area contributed by atoms with Crippen LogP contribution in [-0.2, 0) is 6.61 Å². The van der Waals surface area contributed by atoms with Gasteiger partial charge in [0.2, 0.25) is 0 Å². The van der Waals surface area contributed by atoms with E-state index in [2.05, 4.69) is 15.3 Å². The van der Waals surface area contributed by atoms with E-state index in [1.54, 1.807) is 17.1 Å². The smallest absolute Gasteiger partial charge is 0.109 e. The van der Waals surface area contributed by atoms with Gasteiger partial charge in [-0.2, -0.15) is 0 Å². The van der Waals surface area contributed by atoms with Crippen LogP contribution in [0.5, 0.6) is 0 Å². The second kappa shape index (κ2) is 3.95. The van der Waals surface area contributed by atoms with Crippen LogP contribution in [0.25, 0.3) is 16.6 Å². The van der Waals surface area contributed by atoms with Crippen LogP contribution in [0.3, 0.4) is 0 Å². The van der Waals surface area contributed by atoms with E-state index in [-0.39, 0.29) is 6.61 Å². The summed E-state index contributed by atoms with van der Waals surface area (Å²) in [6, 6.07) is 9.73. The zero-order valence-electron chi connectivity index (χ0n) is 8.98. The molecular weight excluding hydrogens is 216 g/mol. The lowest BCUT2D eigenvalue weighted by molar-refractivity contribution is 0.276. The molecule has 0 fully saturated rings. The molecule has 0 aliphatic rings. The molecule has 0 radical (unpaired) electrons. The summed E-state index contributed by atoms with van der Waals surface area (Å²) in [6.07, 6.45) is 3.47. The van der Waals surface area contributed by atoms with Gasteiger partial charge in [-0.05, 0) is 24.3 Å². The minimum atomic E-state index is -0.102. The maximum Gasteiger partial charge on any atom is 0.109 e. The zero-order valence-corrected chi connectivity index (χ0v) is 8.98. The molecule has 0 aliphatic heterocycles. The van der Waals surface area contributed by atoms with Crippen LogP contribution >= 0.6 is 0 Å². The number of aliphatic hydroxyl groups excluding tert-OH is 1. The number of hydrogen-bond donors (Lipinski definition) is 1. The molecule has 17 heavy (non-hydrogen) atoms. The van der Waals surface area contributed by atoms with E-state index in [0.29, 0.717) is 5.69 Å². The van der Waals surface area contributed by atoms with Crippen molar-refractivity contribution in [3.05, 3.63) is 48.4 Å². The Labute approximate surface area is 97.3 Å². The van der Waals surface area contributed by atoms with Crippen molar-refractivity contribution in [2.45, 2.75) is 6.61 Å². The predicted octanol–water partition coefficient (Wildman–Crippen LogP) is 1.31. The maximum atomic E-state index is 8.94. The standard InChI is InChI=1S/C12H10N4O/c17-8-10-7-16(15-14-10)11-3-4-12-9(6-11)2-1-5-13-12/h1-7,17H,8H2. The largest absolute Gasteiger partial charge is 0.390 e. The molecule has 1 N–H and O–H groups in total. The topological polar surface area (TPSA) is 63.8 Å². The van der Waals surface area contributed by atoms with Crippen LogP contribution < -0.4 is 0 Å². The third-order valence-corrected chi connectivity index (χ3v) is 2.55. The van der Waals surface area contributed by atoms with E-state index in [0.717, 1.165) is 16.6 Å². The Hall–Kier alpha value is -2.27. The number of rotatable bonds is 2. The van der Waals surface area contributed by atoms with Gasteiger partial charge in [-0.15, -0.1) is 5.10 Å². The highest BCUT2D eigenvalue weighted by Gasteiger charge is 2.02. The molecule has 0 unspecified atom stereocenters. The number of fused-ring (bicyclic) bond motifs is 1. The third-order valence-electron chi connectivity index (χ3n) is 2.55. The Kier molecular flexibility index (Phi) is 2.31. The summed E-state index contributed by atoms with van der Waals surface area (Å²) in [5.41, 5.74) is 2.40. The molecule has 2 heterocycles. The summed E-state index contributed by atoms with van der Waals surface area (Å²) in [5, 5.41) is 17.8. The first-order valence-corrected chi connectivity index (χ1v) is 5.24. The van der Waals surface area contributed by atoms with Gasteiger partial charge in [0.1, 0.15) is 5.69 Å². The summed E-state index contributed by atoms with van der Waals surface area (Å²) < 4.78 is 1.64. The van der Waals surface area contributed by atoms with Gasteiger partial charge in [0.25, 0.3) is 0 Å². The van der Waals surface area contributed by atoms with Gasteiger partial charge in [0.15, 0.2) is 0 Å². The van der Waals surface area contributed by atoms with Crippen LogP contribution in [0.2, 0.25) is 0 Å². The number of hydrogen-bond acceptors (Lipinski definition) is 4. The Morgan fingerprint density at radius 1 is 1.24 bits per heavy atom. The number of pyridine rings is 1. The van der Waals surface area contributed by atoms with Crippen molar-refractivity contribution in [1.29, 1.82) is 0 Å². The van der Waals surface area contributed by atoms with Crippen molar-refractivity contribution in [2.24, 2.45) is 0 Å². The minimum absolute atomic E-state index is 0.102. The fraction of sp³-hybridized carbons (Fsp3) is 0.0833. The van der Waals surface area contributed by atoms with E-state index in [1.165, 1.54) is 0 Å². The second-order valence-corrected chi connectivity index (χ2v) is 3.69. The van der Waals surface area contributed by atoms with Gasteiger partial charge >= 0.3 is 0 Å². The first-order valence-electron chi connectivity index (χ1n) is 5.24. The molecule has 5 heteroatoms. The summed E-state index contributed by atoms with van der Waals surface area (Å²) in [5.74, 6) is 0. The molecule has 3 rings (SSSR count). The molecule has 2 aromatic heterocycles. The summed E-state index contributed by atoms with van der Waals surface area (Å²) in [6.45, 7) is -0.102. The van der Waals surface area contributed by atoms with E-state index in [9.17, 15) is 0 Å². The normalized spacial score (nSPS) is 10.9. The molecule has 84 valence electrons. The monoisotopic (exact) mass is 226 g/mol. The molecule has 0 saturated carbocycles. The van der Waals surface area contributed by atoms with Crippen LogP contribution in [0, 0.1) is 0 Å². The molecular formula is C12H10N4O. The molecule has 0 bridgehead atoms. The molecule has 0 spiro atoms. The minimum Gasteiger partial charge on any atom is -0.390 e. The fourth-order valence-electron chi connectivity index (χ4n) is 1.70. The maximum absolute atomic E-state index is 8.94. The number of aliphatic hydroxyl groups is 1. The van der Waals surface area contributed by atoms with Gasteiger partial charge in [-0.3, -0.25) is 4.98 Å². The average molecular weight is 226 g/mol.